The van der Waals surface area contributed by atoms with Gasteiger partial charge < -0.3 is 9.88 Å². The summed E-state index contributed by atoms with van der Waals surface area (Å²) in [6.07, 6.45) is 19.0. The van der Waals surface area contributed by atoms with Gasteiger partial charge in [-0.25, -0.2) is 4.99 Å². The first-order chi connectivity index (χ1) is 16.7. The fourth-order valence-corrected chi connectivity index (χ4v) is 8.39. The minimum atomic E-state index is -0.557. The first-order valence-electron chi connectivity index (χ1n) is 11.0. The van der Waals surface area contributed by atoms with Crippen LogP contribution in [-0.2, 0) is 10.5 Å². The van der Waals surface area contributed by atoms with Crippen molar-refractivity contribution < 1.29 is 0 Å². The van der Waals surface area contributed by atoms with Gasteiger partial charge in [0.2, 0.25) is 0 Å². The van der Waals surface area contributed by atoms with E-state index in [0.29, 0.717) is 0 Å². The lowest BCUT2D eigenvalue weighted by atomic mass is 9.92. The Balaban J connectivity index is 1.61. The van der Waals surface area contributed by atoms with Crippen molar-refractivity contribution >= 4 is 108 Å². The van der Waals surface area contributed by atoms with E-state index in [0.717, 1.165) is 39.9 Å². The number of aliphatic imine (C=N–C) groups is 2. The molecule has 0 radical (unpaired) electrons. The number of hydrogen-bond donors (Lipinski definition) is 1. The lowest BCUT2D eigenvalue weighted by Crippen LogP contribution is -2.45. The van der Waals surface area contributed by atoms with Gasteiger partial charge in [-0.2, -0.15) is 0 Å². The molecule has 4 unspecified atom stereocenters. The van der Waals surface area contributed by atoms with Gasteiger partial charge in [0.05, 0.1) is 26.7 Å². The summed E-state index contributed by atoms with van der Waals surface area (Å²) < 4.78 is 0.985. The highest BCUT2D eigenvalue weighted by atomic mass is 127. The van der Waals surface area contributed by atoms with Gasteiger partial charge in [0.15, 0.2) is 3.55 Å². The summed E-state index contributed by atoms with van der Waals surface area (Å²) in [5.74, 6) is 0. The van der Waals surface area contributed by atoms with Gasteiger partial charge in [0.25, 0.3) is 0 Å². The molecule has 9 heteroatoms. The molecule has 0 spiro atoms. The molecule has 0 aromatic carbocycles. The van der Waals surface area contributed by atoms with E-state index < -0.39 is 6.97 Å². The van der Waals surface area contributed by atoms with Crippen molar-refractivity contribution in [3.05, 3.63) is 108 Å². The van der Waals surface area contributed by atoms with Gasteiger partial charge in [-0.15, -0.1) is 0 Å². The summed E-state index contributed by atoms with van der Waals surface area (Å²) in [7, 11) is 2.12. The number of fused-ring (bicyclic) bond motifs is 6. The zero-order chi connectivity index (χ0) is 24.4. The molecule has 1 N–H and O–H groups in total. The zero-order valence-corrected chi connectivity index (χ0v) is 27.1. The van der Waals surface area contributed by atoms with E-state index in [4.69, 9.17) is 15.0 Å². The van der Waals surface area contributed by atoms with Crippen LogP contribution in [0.4, 0.5) is 0 Å². The Morgan fingerprint density at radius 2 is 1.83 bits per heavy atom. The number of aromatic nitrogens is 2. The number of nitrogens with one attached hydrogen (secondary N) is 1. The van der Waals surface area contributed by atoms with Crippen molar-refractivity contribution in [3.8, 4) is 0 Å². The van der Waals surface area contributed by atoms with Crippen LogP contribution in [0, 0.1) is 0 Å². The van der Waals surface area contributed by atoms with Crippen LogP contribution in [0.15, 0.2) is 100 Å². The third kappa shape index (κ3) is 3.97. The molecule has 0 amide bonds. The largest absolute Gasteiger partial charge is 0.366 e. The molecule has 0 aliphatic carbocycles. The van der Waals surface area contributed by atoms with Crippen molar-refractivity contribution in [2.75, 3.05) is 0 Å². The number of nitrogens with zero attached hydrogens (tertiary/aromatic N) is 4. The first kappa shape index (κ1) is 24.5. The Morgan fingerprint density at radius 1 is 0.971 bits per heavy atom. The van der Waals surface area contributed by atoms with Crippen molar-refractivity contribution in [1.29, 1.82) is 0 Å². The standard InChI is InChI=1S/C26H19I4N5/c1-35-19-7-8-22(35)26(30,21-4-2-3-13-31-21)25(29)12-10-20(34-25)23(27)24(28)11-9-18(33-24)14-16-5-6-17(15-19)32-16/h2-15,23,33H,1H3. The van der Waals surface area contributed by atoms with E-state index in [9.17, 15) is 0 Å². The van der Waals surface area contributed by atoms with Crippen molar-refractivity contribution in [2.24, 2.45) is 17.0 Å². The quantitative estimate of drug-likeness (QED) is 0.200. The van der Waals surface area contributed by atoms with Crippen molar-refractivity contribution in [3.63, 3.8) is 0 Å². The van der Waals surface area contributed by atoms with E-state index in [1.807, 2.05) is 12.3 Å². The number of hydrogen-bond acceptors (Lipinski definition) is 4. The molecule has 5 nitrogen and oxygen atoms in total. The number of pyridine rings is 1. The maximum Gasteiger partial charge on any atom is 0.156 e. The SMILES string of the molecule is Cn1c2ccc1C(I)(c1ccccn1)C1(I)C=CC(=N1)C(I)C1(I)C=CC(=CC3=NC(=C2)C=C3)N1. The predicted octanol–water partition coefficient (Wildman–Crippen LogP) is 6.58. The third-order valence-corrected chi connectivity index (χ3v) is 15.0. The molecule has 6 heterocycles. The molecule has 0 saturated carbocycles. The highest BCUT2D eigenvalue weighted by Gasteiger charge is 2.54. The average molecular weight is 909 g/mol. The topological polar surface area (TPSA) is 54.6 Å². The molecule has 8 bridgehead atoms. The molecule has 2 aromatic rings. The van der Waals surface area contributed by atoms with E-state index in [-0.39, 0.29) is 7.47 Å². The van der Waals surface area contributed by atoms with Gasteiger partial charge in [-0.1, -0.05) is 51.2 Å². The summed E-state index contributed by atoms with van der Waals surface area (Å²) in [6.45, 7) is 0. The summed E-state index contributed by atoms with van der Waals surface area (Å²) in [5, 5.41) is 3.70. The molecule has 4 aliphatic heterocycles. The maximum absolute atomic E-state index is 5.41. The zero-order valence-electron chi connectivity index (χ0n) is 18.5. The minimum Gasteiger partial charge on any atom is -0.366 e. The number of alkyl halides is 4. The van der Waals surface area contributed by atoms with E-state index in [1.165, 1.54) is 0 Å². The van der Waals surface area contributed by atoms with Gasteiger partial charge in [-0.3, -0.25) is 9.98 Å². The molecule has 4 aliphatic rings. The third-order valence-electron chi connectivity index (χ3n) is 6.53. The van der Waals surface area contributed by atoms with E-state index in [1.54, 1.807) is 0 Å². The lowest BCUT2D eigenvalue weighted by Gasteiger charge is -2.38. The Kier molecular flexibility index (Phi) is 6.23. The summed E-state index contributed by atoms with van der Waals surface area (Å²) in [5.41, 5.74) is 7.20. The summed E-state index contributed by atoms with van der Waals surface area (Å²) >= 11 is 10.1. The van der Waals surface area contributed by atoms with Crippen LogP contribution in [0.2, 0.25) is 0 Å². The van der Waals surface area contributed by atoms with Crippen LogP contribution in [0.25, 0.3) is 6.08 Å². The van der Waals surface area contributed by atoms with E-state index in [2.05, 4.69) is 180 Å². The van der Waals surface area contributed by atoms with Crippen LogP contribution in [0.5, 0.6) is 0 Å². The van der Waals surface area contributed by atoms with Gasteiger partial charge in [0.1, 0.15) is 6.97 Å². The summed E-state index contributed by atoms with van der Waals surface area (Å²) in [4.78, 5) is 15.1. The van der Waals surface area contributed by atoms with Crippen LogP contribution in [-0.4, -0.2) is 32.0 Å². The average Bonchev–Trinajstić information content (AvgIpc) is 3.63. The second-order valence-corrected chi connectivity index (χ2v) is 15.0. The minimum absolute atomic E-state index is 0.119. The molecule has 2 aromatic heterocycles. The number of halogens is 4. The molecule has 176 valence electrons. The van der Waals surface area contributed by atoms with Crippen molar-refractivity contribution in [2.45, 2.75) is 14.4 Å². The number of rotatable bonds is 1. The molecule has 0 saturated heterocycles. The van der Waals surface area contributed by atoms with Gasteiger partial charge in [-0.05, 0) is 118 Å². The van der Waals surface area contributed by atoms with Crippen LogP contribution in [0.3, 0.4) is 0 Å². The highest BCUT2D eigenvalue weighted by molar-refractivity contribution is 14.1. The smallest absolute Gasteiger partial charge is 0.156 e. The maximum atomic E-state index is 5.41. The van der Waals surface area contributed by atoms with Crippen LogP contribution < -0.4 is 5.32 Å². The Hall–Kier alpha value is -0.810. The number of allylic oxidation sites excluding steroid dienone is 5. The molecule has 35 heavy (non-hydrogen) atoms. The van der Waals surface area contributed by atoms with Crippen molar-refractivity contribution in [1.82, 2.24) is 14.9 Å². The van der Waals surface area contributed by atoms with Gasteiger partial charge >= 0.3 is 0 Å². The first-order valence-corrected chi connectivity index (χ1v) is 15.5. The van der Waals surface area contributed by atoms with Gasteiger partial charge in [0, 0.05) is 30.3 Å². The fourth-order valence-electron chi connectivity index (χ4n) is 4.69. The normalized spacial score (nSPS) is 32.8. The highest BCUT2D eigenvalue weighted by Crippen LogP contribution is 2.55. The molecular formula is C26H19I4N5. The second-order valence-electron chi connectivity index (χ2n) is 8.75. The fraction of sp³-hybridized carbons (Fsp3) is 0.192. The molecule has 0 fully saturated rings. The molecular weight excluding hydrogens is 890 g/mol. The molecule has 4 atom stereocenters. The lowest BCUT2D eigenvalue weighted by molar-refractivity contribution is 0.597. The van der Waals surface area contributed by atoms with E-state index >= 15 is 0 Å². The molecule has 6 rings (SSSR count). The van der Waals surface area contributed by atoms with Crippen LogP contribution >= 0.6 is 90.4 Å². The monoisotopic (exact) mass is 909 g/mol. The Bertz CT molecular complexity index is 1450. The van der Waals surface area contributed by atoms with Crippen LogP contribution in [0.1, 0.15) is 17.1 Å². The summed E-state index contributed by atoms with van der Waals surface area (Å²) in [6, 6.07) is 10.5. The predicted molar refractivity (Wildman–Crippen MR) is 177 cm³/mol. The second kappa shape index (κ2) is 8.89. The Morgan fingerprint density at radius 3 is 2.63 bits per heavy atom. The Labute approximate surface area is 258 Å².